The zero-order valence-electron chi connectivity index (χ0n) is 10.6. The van der Waals surface area contributed by atoms with E-state index in [1.54, 1.807) is 32.4 Å². The fourth-order valence-electron chi connectivity index (χ4n) is 1.59. The average molecular weight is 237 g/mol. The lowest BCUT2D eigenvalue weighted by molar-refractivity contribution is 0.0977. The van der Waals surface area contributed by atoms with Crippen LogP contribution in [0.15, 0.2) is 18.2 Å². The Morgan fingerprint density at radius 2 is 2.06 bits per heavy atom. The normalized spacial score (nSPS) is 10.1. The third kappa shape index (κ3) is 3.75. The summed E-state index contributed by atoms with van der Waals surface area (Å²) in [5.41, 5.74) is 0.586. The predicted octanol–water partition coefficient (Wildman–Crippen LogP) is 1.89. The van der Waals surface area contributed by atoms with E-state index in [1.165, 1.54) is 0 Å². The van der Waals surface area contributed by atoms with E-state index in [0.717, 1.165) is 13.0 Å². The first-order chi connectivity index (χ1) is 8.22. The maximum absolute atomic E-state index is 12.0. The summed E-state index contributed by atoms with van der Waals surface area (Å²) in [4.78, 5) is 12.0. The molecule has 0 saturated carbocycles. The summed E-state index contributed by atoms with van der Waals surface area (Å²) >= 11 is 0. The van der Waals surface area contributed by atoms with E-state index in [9.17, 15) is 4.79 Å². The summed E-state index contributed by atoms with van der Waals surface area (Å²) in [6.45, 7) is 0.831. The SMILES string of the molecule is CNCCCC(=O)c1cc(OC)ccc1OC. The maximum atomic E-state index is 12.0. The molecule has 1 rings (SSSR count). The molecule has 4 nitrogen and oxygen atoms in total. The number of rotatable bonds is 7. The third-order valence-corrected chi connectivity index (χ3v) is 2.54. The van der Waals surface area contributed by atoms with E-state index < -0.39 is 0 Å². The van der Waals surface area contributed by atoms with Crippen LogP contribution in [0.1, 0.15) is 23.2 Å². The van der Waals surface area contributed by atoms with Crippen LogP contribution in [-0.2, 0) is 0 Å². The first kappa shape index (κ1) is 13.5. The largest absolute Gasteiger partial charge is 0.497 e. The Balaban J connectivity index is 2.82. The smallest absolute Gasteiger partial charge is 0.166 e. The van der Waals surface area contributed by atoms with Gasteiger partial charge in [-0.05, 0) is 38.2 Å². The molecular weight excluding hydrogens is 218 g/mol. The first-order valence-electron chi connectivity index (χ1n) is 5.62. The van der Waals surface area contributed by atoms with Gasteiger partial charge in [-0.2, -0.15) is 0 Å². The predicted molar refractivity (Wildman–Crippen MR) is 67.0 cm³/mol. The lowest BCUT2D eigenvalue weighted by Gasteiger charge is -2.09. The highest BCUT2D eigenvalue weighted by Crippen LogP contribution is 2.25. The number of nitrogens with one attached hydrogen (secondary N) is 1. The standard InChI is InChI=1S/C13H19NO3/c1-14-8-4-5-12(15)11-9-10(16-2)6-7-13(11)17-3/h6-7,9,14H,4-5,8H2,1-3H3. The van der Waals surface area contributed by atoms with E-state index in [4.69, 9.17) is 9.47 Å². The molecule has 1 aromatic carbocycles. The molecule has 0 bridgehead atoms. The second kappa shape index (κ2) is 6.91. The van der Waals surface area contributed by atoms with Gasteiger partial charge >= 0.3 is 0 Å². The van der Waals surface area contributed by atoms with Crippen molar-refractivity contribution in [3.63, 3.8) is 0 Å². The van der Waals surface area contributed by atoms with Crippen LogP contribution in [0.3, 0.4) is 0 Å². The number of hydrogen-bond acceptors (Lipinski definition) is 4. The molecule has 0 heterocycles. The average Bonchev–Trinajstić information content (AvgIpc) is 2.38. The molecule has 1 N–H and O–H groups in total. The van der Waals surface area contributed by atoms with E-state index in [1.807, 2.05) is 7.05 Å². The number of methoxy groups -OCH3 is 2. The molecule has 0 unspecified atom stereocenters. The van der Waals surface area contributed by atoms with Gasteiger partial charge in [0.15, 0.2) is 5.78 Å². The Bertz CT molecular complexity index is 377. The highest BCUT2D eigenvalue weighted by atomic mass is 16.5. The Morgan fingerprint density at radius 3 is 2.65 bits per heavy atom. The van der Waals surface area contributed by atoms with Crippen molar-refractivity contribution in [1.29, 1.82) is 0 Å². The highest BCUT2D eigenvalue weighted by molar-refractivity contribution is 5.99. The first-order valence-corrected chi connectivity index (χ1v) is 5.62. The van der Waals surface area contributed by atoms with Crippen LogP contribution in [0.2, 0.25) is 0 Å². The maximum Gasteiger partial charge on any atom is 0.166 e. The Hall–Kier alpha value is -1.55. The lowest BCUT2D eigenvalue weighted by atomic mass is 10.1. The van der Waals surface area contributed by atoms with Gasteiger partial charge in [0.05, 0.1) is 19.8 Å². The topological polar surface area (TPSA) is 47.6 Å². The van der Waals surface area contributed by atoms with Gasteiger partial charge in [0.1, 0.15) is 11.5 Å². The monoisotopic (exact) mass is 237 g/mol. The molecule has 0 saturated heterocycles. The molecule has 0 fully saturated rings. The molecule has 17 heavy (non-hydrogen) atoms. The van der Waals surface area contributed by atoms with Gasteiger partial charge in [-0.15, -0.1) is 0 Å². The van der Waals surface area contributed by atoms with Crippen molar-refractivity contribution < 1.29 is 14.3 Å². The summed E-state index contributed by atoms with van der Waals surface area (Å²) in [7, 11) is 5.01. The third-order valence-electron chi connectivity index (χ3n) is 2.54. The number of ether oxygens (including phenoxy) is 2. The van der Waals surface area contributed by atoms with Crippen molar-refractivity contribution in [1.82, 2.24) is 5.32 Å². The zero-order chi connectivity index (χ0) is 12.7. The molecule has 0 aromatic heterocycles. The van der Waals surface area contributed by atoms with Gasteiger partial charge in [0.25, 0.3) is 0 Å². The molecule has 0 aliphatic rings. The molecule has 1 aromatic rings. The summed E-state index contributed by atoms with van der Waals surface area (Å²) in [5.74, 6) is 1.35. The van der Waals surface area contributed by atoms with E-state index in [0.29, 0.717) is 23.5 Å². The number of carbonyl (C=O) groups is 1. The van der Waals surface area contributed by atoms with Gasteiger partial charge in [0.2, 0.25) is 0 Å². The van der Waals surface area contributed by atoms with E-state index in [-0.39, 0.29) is 5.78 Å². The van der Waals surface area contributed by atoms with Crippen LogP contribution in [0.4, 0.5) is 0 Å². The van der Waals surface area contributed by atoms with Crippen LogP contribution in [0.5, 0.6) is 11.5 Å². The molecular formula is C13H19NO3. The Morgan fingerprint density at radius 1 is 1.29 bits per heavy atom. The Kier molecular flexibility index (Phi) is 5.49. The highest BCUT2D eigenvalue weighted by Gasteiger charge is 2.12. The van der Waals surface area contributed by atoms with Crippen LogP contribution < -0.4 is 14.8 Å². The molecule has 0 aliphatic carbocycles. The number of Topliss-reactive ketones (excluding diaryl/α,β-unsaturated/α-hetero) is 1. The van der Waals surface area contributed by atoms with Gasteiger partial charge in [-0.1, -0.05) is 0 Å². The lowest BCUT2D eigenvalue weighted by Crippen LogP contribution is -2.10. The summed E-state index contributed by atoms with van der Waals surface area (Å²) < 4.78 is 10.3. The van der Waals surface area contributed by atoms with E-state index >= 15 is 0 Å². The van der Waals surface area contributed by atoms with Crippen LogP contribution in [0.25, 0.3) is 0 Å². The van der Waals surface area contributed by atoms with Gasteiger partial charge in [-0.25, -0.2) is 0 Å². The number of hydrogen-bond donors (Lipinski definition) is 1. The molecule has 0 aliphatic heterocycles. The van der Waals surface area contributed by atoms with Crippen molar-refractivity contribution in [2.75, 3.05) is 27.8 Å². The van der Waals surface area contributed by atoms with E-state index in [2.05, 4.69) is 5.32 Å². The van der Waals surface area contributed by atoms with Crippen molar-refractivity contribution >= 4 is 5.78 Å². The van der Waals surface area contributed by atoms with Crippen LogP contribution in [-0.4, -0.2) is 33.6 Å². The van der Waals surface area contributed by atoms with Crippen molar-refractivity contribution in [2.45, 2.75) is 12.8 Å². The fourth-order valence-corrected chi connectivity index (χ4v) is 1.59. The number of benzene rings is 1. The summed E-state index contributed by atoms with van der Waals surface area (Å²) in [5, 5.41) is 3.02. The van der Waals surface area contributed by atoms with Crippen LogP contribution in [0, 0.1) is 0 Å². The minimum absolute atomic E-state index is 0.0796. The molecule has 94 valence electrons. The summed E-state index contributed by atoms with van der Waals surface area (Å²) in [6.07, 6.45) is 1.32. The van der Waals surface area contributed by atoms with Gasteiger partial charge < -0.3 is 14.8 Å². The van der Waals surface area contributed by atoms with Crippen molar-refractivity contribution in [3.05, 3.63) is 23.8 Å². The van der Waals surface area contributed by atoms with Crippen molar-refractivity contribution in [2.24, 2.45) is 0 Å². The molecule has 0 atom stereocenters. The minimum Gasteiger partial charge on any atom is -0.497 e. The molecule has 4 heteroatoms. The van der Waals surface area contributed by atoms with Crippen LogP contribution >= 0.6 is 0 Å². The molecule has 0 amide bonds. The number of ketones is 1. The zero-order valence-corrected chi connectivity index (χ0v) is 10.6. The number of carbonyl (C=O) groups excluding carboxylic acids is 1. The molecule has 0 radical (unpaired) electrons. The quantitative estimate of drug-likeness (QED) is 0.581. The van der Waals surface area contributed by atoms with Crippen molar-refractivity contribution in [3.8, 4) is 11.5 Å². The van der Waals surface area contributed by atoms with Gasteiger partial charge in [-0.3, -0.25) is 4.79 Å². The second-order valence-electron chi connectivity index (χ2n) is 3.70. The second-order valence-corrected chi connectivity index (χ2v) is 3.70. The Labute approximate surface area is 102 Å². The molecule has 0 spiro atoms. The fraction of sp³-hybridized carbons (Fsp3) is 0.462. The van der Waals surface area contributed by atoms with Gasteiger partial charge in [0, 0.05) is 6.42 Å². The minimum atomic E-state index is 0.0796. The summed E-state index contributed by atoms with van der Waals surface area (Å²) in [6, 6.07) is 5.26.